The van der Waals surface area contributed by atoms with Crippen molar-refractivity contribution >= 4 is 5.69 Å². The Labute approximate surface area is 74.8 Å². The van der Waals surface area contributed by atoms with Crippen molar-refractivity contribution < 1.29 is 0 Å². The predicted molar refractivity (Wildman–Crippen MR) is 54.4 cm³/mol. The minimum absolute atomic E-state index is 0.535. The normalized spacial score (nSPS) is 13.0. The zero-order valence-corrected chi connectivity index (χ0v) is 8.04. The minimum Gasteiger partial charge on any atom is -0.382 e. The molecule has 0 aliphatic carbocycles. The molecule has 1 heteroatoms. The van der Waals surface area contributed by atoms with E-state index in [1.807, 2.05) is 6.07 Å². The van der Waals surface area contributed by atoms with Crippen LogP contribution in [0.25, 0.3) is 0 Å². The Kier molecular flexibility index (Phi) is 3.15. The van der Waals surface area contributed by atoms with E-state index in [4.69, 9.17) is 0 Å². The molecule has 0 amide bonds. The van der Waals surface area contributed by atoms with E-state index < -0.39 is 0 Å². The Bertz CT molecular complexity index is 216. The van der Waals surface area contributed by atoms with Gasteiger partial charge < -0.3 is 5.32 Å². The van der Waals surface area contributed by atoms with Crippen LogP contribution in [0.1, 0.15) is 20.8 Å². The maximum atomic E-state index is 3.44. The van der Waals surface area contributed by atoms with E-state index in [0.29, 0.717) is 12.0 Å². The van der Waals surface area contributed by atoms with Crippen LogP contribution in [0.3, 0.4) is 0 Å². The monoisotopic (exact) mass is 163 g/mol. The standard InChI is InChI=1S/C11H17N/c1-9(2)10(3)12-11-7-5-4-6-8-11/h4-10,12H,1-3H3/t10-/m1/s1. The molecule has 1 aromatic rings. The Hall–Kier alpha value is -0.980. The number of nitrogens with one attached hydrogen (secondary N) is 1. The summed E-state index contributed by atoms with van der Waals surface area (Å²) in [5.74, 6) is 0.671. The van der Waals surface area contributed by atoms with Crippen molar-refractivity contribution in [3.8, 4) is 0 Å². The second-order valence-corrected chi connectivity index (χ2v) is 3.54. The molecule has 12 heavy (non-hydrogen) atoms. The smallest absolute Gasteiger partial charge is 0.0342 e. The van der Waals surface area contributed by atoms with Gasteiger partial charge in [0.2, 0.25) is 0 Å². The fourth-order valence-corrected chi connectivity index (χ4v) is 0.964. The molecule has 66 valence electrons. The van der Waals surface area contributed by atoms with Crippen LogP contribution in [0.4, 0.5) is 5.69 Å². The summed E-state index contributed by atoms with van der Waals surface area (Å²) in [6.45, 7) is 6.65. The van der Waals surface area contributed by atoms with Gasteiger partial charge in [0.05, 0.1) is 0 Å². The van der Waals surface area contributed by atoms with E-state index in [1.54, 1.807) is 0 Å². The number of benzene rings is 1. The van der Waals surface area contributed by atoms with Crippen LogP contribution in [0.15, 0.2) is 30.3 Å². The van der Waals surface area contributed by atoms with Gasteiger partial charge in [-0.3, -0.25) is 0 Å². The molecule has 1 atom stereocenters. The van der Waals surface area contributed by atoms with Gasteiger partial charge in [0.15, 0.2) is 0 Å². The summed E-state index contributed by atoms with van der Waals surface area (Å²) in [7, 11) is 0. The average molecular weight is 163 g/mol. The van der Waals surface area contributed by atoms with Crippen molar-refractivity contribution in [1.29, 1.82) is 0 Å². The summed E-state index contributed by atoms with van der Waals surface area (Å²) >= 11 is 0. The summed E-state index contributed by atoms with van der Waals surface area (Å²) < 4.78 is 0. The molecule has 1 N–H and O–H groups in total. The molecule has 0 spiro atoms. The lowest BCUT2D eigenvalue weighted by molar-refractivity contribution is 0.560. The highest BCUT2D eigenvalue weighted by Gasteiger charge is 2.04. The molecule has 0 bridgehead atoms. The molecule has 1 nitrogen and oxygen atoms in total. The quantitative estimate of drug-likeness (QED) is 0.721. The van der Waals surface area contributed by atoms with Crippen LogP contribution >= 0.6 is 0 Å². The van der Waals surface area contributed by atoms with Crippen LogP contribution in [0.5, 0.6) is 0 Å². The fourth-order valence-electron chi connectivity index (χ4n) is 0.964. The molecule has 1 rings (SSSR count). The topological polar surface area (TPSA) is 12.0 Å². The fraction of sp³-hybridized carbons (Fsp3) is 0.455. The SMILES string of the molecule is CC(C)[C@@H](C)Nc1ccccc1. The van der Waals surface area contributed by atoms with E-state index >= 15 is 0 Å². The molecule has 0 aliphatic rings. The highest BCUT2D eigenvalue weighted by atomic mass is 14.9. The van der Waals surface area contributed by atoms with Crippen molar-refractivity contribution in [3.05, 3.63) is 30.3 Å². The summed E-state index contributed by atoms with van der Waals surface area (Å²) in [6, 6.07) is 10.9. The van der Waals surface area contributed by atoms with Crippen molar-refractivity contribution in [2.24, 2.45) is 5.92 Å². The van der Waals surface area contributed by atoms with Crippen molar-refractivity contribution in [2.45, 2.75) is 26.8 Å². The van der Waals surface area contributed by atoms with E-state index in [2.05, 4.69) is 50.4 Å². The van der Waals surface area contributed by atoms with Gasteiger partial charge in [0.25, 0.3) is 0 Å². The number of para-hydroxylation sites is 1. The zero-order chi connectivity index (χ0) is 8.97. The van der Waals surface area contributed by atoms with E-state index in [-0.39, 0.29) is 0 Å². The van der Waals surface area contributed by atoms with Crippen LogP contribution in [0, 0.1) is 5.92 Å². The summed E-state index contributed by atoms with van der Waals surface area (Å²) in [5.41, 5.74) is 1.21. The first-order valence-electron chi connectivity index (χ1n) is 4.51. The van der Waals surface area contributed by atoms with E-state index in [9.17, 15) is 0 Å². The van der Waals surface area contributed by atoms with Gasteiger partial charge in [-0.2, -0.15) is 0 Å². The average Bonchev–Trinajstić information content (AvgIpc) is 2.06. The molecular weight excluding hydrogens is 146 g/mol. The molecule has 0 aromatic heterocycles. The molecule has 0 heterocycles. The highest BCUT2D eigenvalue weighted by Crippen LogP contribution is 2.11. The lowest BCUT2D eigenvalue weighted by Gasteiger charge is -2.18. The number of anilines is 1. The Balaban J connectivity index is 2.53. The second-order valence-electron chi connectivity index (χ2n) is 3.54. The molecule has 0 unspecified atom stereocenters. The van der Waals surface area contributed by atoms with Crippen molar-refractivity contribution in [3.63, 3.8) is 0 Å². The van der Waals surface area contributed by atoms with Crippen molar-refractivity contribution in [2.75, 3.05) is 5.32 Å². The summed E-state index contributed by atoms with van der Waals surface area (Å²) in [6.07, 6.45) is 0. The third kappa shape index (κ3) is 2.57. The number of hydrogen-bond acceptors (Lipinski definition) is 1. The second kappa shape index (κ2) is 4.15. The number of rotatable bonds is 3. The Morgan fingerprint density at radius 1 is 1.00 bits per heavy atom. The lowest BCUT2D eigenvalue weighted by atomic mass is 10.1. The van der Waals surface area contributed by atoms with Gasteiger partial charge in [0, 0.05) is 11.7 Å². The van der Waals surface area contributed by atoms with E-state index in [0.717, 1.165) is 0 Å². The molecule has 1 aromatic carbocycles. The first-order chi connectivity index (χ1) is 5.70. The van der Waals surface area contributed by atoms with Gasteiger partial charge in [-0.25, -0.2) is 0 Å². The molecule has 0 fully saturated rings. The van der Waals surface area contributed by atoms with Gasteiger partial charge in [-0.15, -0.1) is 0 Å². The third-order valence-corrected chi connectivity index (χ3v) is 2.17. The molecule has 0 saturated heterocycles. The van der Waals surface area contributed by atoms with Gasteiger partial charge in [-0.1, -0.05) is 32.0 Å². The lowest BCUT2D eigenvalue weighted by Crippen LogP contribution is -2.21. The van der Waals surface area contributed by atoms with Crippen LogP contribution in [-0.4, -0.2) is 6.04 Å². The largest absolute Gasteiger partial charge is 0.382 e. The van der Waals surface area contributed by atoms with Gasteiger partial charge in [0.1, 0.15) is 0 Å². The van der Waals surface area contributed by atoms with Gasteiger partial charge >= 0.3 is 0 Å². The Morgan fingerprint density at radius 3 is 2.08 bits per heavy atom. The maximum Gasteiger partial charge on any atom is 0.0342 e. The van der Waals surface area contributed by atoms with E-state index in [1.165, 1.54) is 5.69 Å². The number of hydrogen-bond donors (Lipinski definition) is 1. The summed E-state index contributed by atoms with van der Waals surface area (Å²) in [4.78, 5) is 0. The van der Waals surface area contributed by atoms with Crippen LogP contribution < -0.4 is 5.32 Å². The molecular formula is C11H17N. The molecule has 0 aliphatic heterocycles. The minimum atomic E-state index is 0.535. The van der Waals surface area contributed by atoms with Crippen LogP contribution in [-0.2, 0) is 0 Å². The third-order valence-electron chi connectivity index (χ3n) is 2.17. The first-order valence-corrected chi connectivity index (χ1v) is 4.51. The zero-order valence-electron chi connectivity index (χ0n) is 8.04. The maximum absolute atomic E-state index is 3.44. The Morgan fingerprint density at radius 2 is 1.58 bits per heavy atom. The summed E-state index contributed by atoms with van der Waals surface area (Å²) in [5, 5.41) is 3.44. The molecule has 0 radical (unpaired) electrons. The molecule has 0 saturated carbocycles. The van der Waals surface area contributed by atoms with Gasteiger partial charge in [-0.05, 0) is 25.0 Å². The van der Waals surface area contributed by atoms with Crippen LogP contribution in [0.2, 0.25) is 0 Å². The van der Waals surface area contributed by atoms with Crippen molar-refractivity contribution in [1.82, 2.24) is 0 Å². The first kappa shape index (κ1) is 9.11. The highest BCUT2D eigenvalue weighted by molar-refractivity contribution is 5.43. The predicted octanol–water partition coefficient (Wildman–Crippen LogP) is 3.14.